The summed E-state index contributed by atoms with van der Waals surface area (Å²) in [5, 5.41) is 5.17. The van der Waals surface area contributed by atoms with Gasteiger partial charge in [-0.25, -0.2) is 18.7 Å². The molecule has 0 spiro atoms. The molecule has 0 aliphatic carbocycles. The fourth-order valence-corrected chi connectivity index (χ4v) is 1.84. The first-order valence-electron chi connectivity index (χ1n) is 6.03. The van der Waals surface area contributed by atoms with Crippen LogP contribution in [-0.4, -0.2) is 22.4 Å². The number of carbonyl (C=O) groups is 1. The molecule has 0 saturated carbocycles. The third-order valence-electron chi connectivity index (χ3n) is 2.50. The van der Waals surface area contributed by atoms with Crippen LogP contribution in [0.5, 0.6) is 0 Å². The molecule has 110 valence electrons. The van der Waals surface area contributed by atoms with Crippen LogP contribution in [0.2, 0.25) is 0 Å². The molecule has 0 radical (unpaired) electrons. The molecule has 0 atom stereocenters. The van der Waals surface area contributed by atoms with Crippen LogP contribution in [0.4, 0.5) is 20.3 Å². The number of hydrogen-bond donors (Lipinski definition) is 2. The lowest BCUT2D eigenvalue weighted by molar-refractivity contribution is 0.102. The van der Waals surface area contributed by atoms with Gasteiger partial charge < -0.3 is 10.6 Å². The van der Waals surface area contributed by atoms with Gasteiger partial charge in [-0.2, -0.15) is 0 Å². The number of nitrogens with one attached hydrogen (secondary N) is 2. The van der Waals surface area contributed by atoms with Gasteiger partial charge >= 0.3 is 0 Å². The van der Waals surface area contributed by atoms with Crippen LogP contribution in [0.15, 0.2) is 29.0 Å². The zero-order valence-electron chi connectivity index (χ0n) is 11.0. The van der Waals surface area contributed by atoms with Crippen molar-refractivity contribution < 1.29 is 13.6 Å². The van der Waals surface area contributed by atoms with Crippen molar-refractivity contribution in [1.29, 1.82) is 0 Å². The highest BCUT2D eigenvalue weighted by atomic mass is 79.9. The molecule has 0 fully saturated rings. The van der Waals surface area contributed by atoms with Gasteiger partial charge in [0, 0.05) is 12.6 Å². The van der Waals surface area contributed by atoms with E-state index in [0.717, 1.165) is 12.1 Å². The van der Waals surface area contributed by atoms with Gasteiger partial charge in [0.1, 0.15) is 23.1 Å². The molecule has 2 rings (SSSR count). The standard InChI is InChI=1S/C13H11BrF2N4O/c1-2-17-12-6-18-11(5-19-12)13(21)20-10-4-8(15)7(14)3-9(10)16/h3-6H,2H2,1H3,(H,17,19)(H,20,21). The van der Waals surface area contributed by atoms with E-state index in [4.69, 9.17) is 0 Å². The fraction of sp³-hybridized carbons (Fsp3) is 0.154. The maximum Gasteiger partial charge on any atom is 0.275 e. The highest BCUT2D eigenvalue weighted by molar-refractivity contribution is 9.10. The van der Waals surface area contributed by atoms with Gasteiger partial charge in [0.2, 0.25) is 0 Å². The smallest absolute Gasteiger partial charge is 0.275 e. The van der Waals surface area contributed by atoms with Crippen molar-refractivity contribution in [2.24, 2.45) is 0 Å². The van der Waals surface area contributed by atoms with Gasteiger partial charge in [0.15, 0.2) is 0 Å². The summed E-state index contributed by atoms with van der Waals surface area (Å²) in [6, 6.07) is 1.82. The van der Waals surface area contributed by atoms with E-state index in [1.807, 2.05) is 6.92 Å². The van der Waals surface area contributed by atoms with Gasteiger partial charge in [-0.05, 0) is 28.9 Å². The lowest BCUT2D eigenvalue weighted by Gasteiger charge is -2.07. The van der Waals surface area contributed by atoms with Gasteiger partial charge in [-0.15, -0.1) is 0 Å². The largest absolute Gasteiger partial charge is 0.369 e. The summed E-state index contributed by atoms with van der Waals surface area (Å²) in [7, 11) is 0. The molecule has 0 bridgehead atoms. The first kappa shape index (κ1) is 15.3. The van der Waals surface area contributed by atoms with Crippen LogP contribution in [0.3, 0.4) is 0 Å². The third kappa shape index (κ3) is 3.72. The van der Waals surface area contributed by atoms with E-state index in [1.165, 1.54) is 12.4 Å². The average Bonchev–Trinajstić information content (AvgIpc) is 2.46. The first-order chi connectivity index (χ1) is 10.0. The number of hydrogen-bond acceptors (Lipinski definition) is 4. The summed E-state index contributed by atoms with van der Waals surface area (Å²) in [6.45, 7) is 2.57. The van der Waals surface area contributed by atoms with Gasteiger partial charge in [0.05, 0.1) is 22.6 Å². The molecule has 2 N–H and O–H groups in total. The van der Waals surface area contributed by atoms with E-state index in [0.29, 0.717) is 12.4 Å². The number of carbonyl (C=O) groups excluding carboxylic acids is 1. The van der Waals surface area contributed by atoms with E-state index in [9.17, 15) is 13.6 Å². The number of rotatable bonds is 4. The highest BCUT2D eigenvalue weighted by Gasteiger charge is 2.13. The van der Waals surface area contributed by atoms with Crippen molar-refractivity contribution in [3.05, 3.63) is 46.3 Å². The number of aromatic nitrogens is 2. The molecule has 1 heterocycles. The lowest BCUT2D eigenvalue weighted by atomic mass is 10.3. The lowest BCUT2D eigenvalue weighted by Crippen LogP contribution is -2.15. The Morgan fingerprint density at radius 1 is 1.24 bits per heavy atom. The molecular weight excluding hydrogens is 346 g/mol. The zero-order chi connectivity index (χ0) is 15.4. The fourth-order valence-electron chi connectivity index (χ4n) is 1.52. The normalized spacial score (nSPS) is 10.3. The van der Waals surface area contributed by atoms with Crippen LogP contribution in [0.25, 0.3) is 0 Å². The number of halogens is 3. The average molecular weight is 357 g/mol. The zero-order valence-corrected chi connectivity index (χ0v) is 12.5. The minimum absolute atomic E-state index is 0.000574. The molecule has 8 heteroatoms. The Hall–Kier alpha value is -2.09. The predicted molar refractivity (Wildman–Crippen MR) is 78.2 cm³/mol. The Balaban J connectivity index is 2.16. The topological polar surface area (TPSA) is 66.9 Å². The number of amides is 1. The van der Waals surface area contributed by atoms with Gasteiger partial charge in [-0.3, -0.25) is 4.79 Å². The minimum atomic E-state index is -0.756. The molecule has 1 aromatic heterocycles. The maximum atomic E-state index is 13.6. The molecule has 0 aliphatic rings. The number of benzene rings is 1. The molecule has 5 nitrogen and oxygen atoms in total. The second kappa shape index (κ2) is 6.57. The molecule has 1 amide bonds. The van der Waals surface area contributed by atoms with Crippen LogP contribution in [0.1, 0.15) is 17.4 Å². The maximum absolute atomic E-state index is 13.6. The summed E-state index contributed by atoms with van der Waals surface area (Å²) in [5.74, 6) is -1.59. The quantitative estimate of drug-likeness (QED) is 0.825. The number of anilines is 2. The minimum Gasteiger partial charge on any atom is -0.369 e. The van der Waals surface area contributed by atoms with E-state index >= 15 is 0 Å². The van der Waals surface area contributed by atoms with Crippen LogP contribution in [0, 0.1) is 11.6 Å². The molecular formula is C13H11BrF2N4O. The van der Waals surface area contributed by atoms with Crippen LogP contribution < -0.4 is 10.6 Å². The van der Waals surface area contributed by atoms with Crippen molar-refractivity contribution in [3.8, 4) is 0 Å². The molecule has 21 heavy (non-hydrogen) atoms. The highest BCUT2D eigenvalue weighted by Crippen LogP contribution is 2.23. The van der Waals surface area contributed by atoms with Crippen LogP contribution >= 0.6 is 15.9 Å². The molecule has 2 aromatic rings. The van der Waals surface area contributed by atoms with Gasteiger partial charge in [0.25, 0.3) is 5.91 Å². The summed E-state index contributed by atoms with van der Waals surface area (Å²) in [4.78, 5) is 19.8. The second-order valence-corrected chi connectivity index (χ2v) is 4.87. The van der Waals surface area contributed by atoms with Crippen molar-refractivity contribution in [1.82, 2.24) is 9.97 Å². The first-order valence-corrected chi connectivity index (χ1v) is 6.82. The summed E-state index contributed by atoms with van der Waals surface area (Å²) < 4.78 is 26.9. The van der Waals surface area contributed by atoms with Crippen molar-refractivity contribution in [3.63, 3.8) is 0 Å². The summed E-state index contributed by atoms with van der Waals surface area (Å²) in [6.07, 6.45) is 2.64. The SMILES string of the molecule is CCNc1cnc(C(=O)Nc2cc(F)c(Br)cc2F)cn1. The predicted octanol–water partition coefficient (Wildman–Crippen LogP) is 3.20. The van der Waals surface area contributed by atoms with E-state index in [1.54, 1.807) is 0 Å². The summed E-state index contributed by atoms with van der Waals surface area (Å²) >= 11 is 2.86. The Bertz CT molecular complexity index is 664. The summed E-state index contributed by atoms with van der Waals surface area (Å²) in [5.41, 5.74) is -0.266. The van der Waals surface area contributed by atoms with E-state index in [-0.39, 0.29) is 15.9 Å². The Morgan fingerprint density at radius 3 is 2.62 bits per heavy atom. The van der Waals surface area contributed by atoms with E-state index in [2.05, 4.69) is 36.5 Å². The molecule has 0 saturated heterocycles. The Morgan fingerprint density at radius 2 is 2.00 bits per heavy atom. The van der Waals surface area contributed by atoms with E-state index < -0.39 is 17.5 Å². The van der Waals surface area contributed by atoms with Crippen molar-refractivity contribution >= 4 is 33.3 Å². The van der Waals surface area contributed by atoms with Crippen molar-refractivity contribution in [2.75, 3.05) is 17.2 Å². The van der Waals surface area contributed by atoms with Gasteiger partial charge in [-0.1, -0.05) is 0 Å². The van der Waals surface area contributed by atoms with Crippen LogP contribution in [-0.2, 0) is 0 Å². The van der Waals surface area contributed by atoms with Crippen molar-refractivity contribution in [2.45, 2.75) is 6.92 Å². The molecule has 0 unspecified atom stereocenters. The third-order valence-corrected chi connectivity index (χ3v) is 3.11. The monoisotopic (exact) mass is 356 g/mol. The Labute approximate surface area is 127 Å². The molecule has 1 aromatic carbocycles. The second-order valence-electron chi connectivity index (χ2n) is 4.02. The Kier molecular flexibility index (Phi) is 4.79. The molecule has 0 aliphatic heterocycles. The number of nitrogens with zero attached hydrogens (tertiary/aromatic N) is 2.